The van der Waals surface area contributed by atoms with Crippen LogP contribution in [0.4, 0.5) is 18.0 Å². The number of amides is 2. The van der Waals surface area contributed by atoms with Gasteiger partial charge in [-0.3, -0.25) is 9.69 Å². The monoisotopic (exact) mass is 462 g/mol. The number of halogens is 4. The van der Waals surface area contributed by atoms with Gasteiger partial charge < -0.3 is 14.4 Å². The molecule has 1 aromatic carbocycles. The Labute approximate surface area is 184 Å². The summed E-state index contributed by atoms with van der Waals surface area (Å²) in [7, 11) is 1.47. The Morgan fingerprint density at radius 3 is 2.48 bits per heavy atom. The molecule has 2 aliphatic heterocycles. The van der Waals surface area contributed by atoms with Crippen molar-refractivity contribution in [2.24, 2.45) is 5.92 Å². The first-order valence-corrected chi connectivity index (χ1v) is 10.4. The van der Waals surface area contributed by atoms with E-state index in [9.17, 15) is 22.8 Å². The number of fused-ring (bicyclic) bond motifs is 1. The molecule has 0 spiro atoms. The third-order valence-electron chi connectivity index (χ3n) is 5.49. The van der Waals surface area contributed by atoms with E-state index in [-0.39, 0.29) is 13.1 Å². The molecule has 1 unspecified atom stereocenters. The fourth-order valence-corrected chi connectivity index (χ4v) is 4.32. The lowest BCUT2D eigenvalue weighted by atomic mass is 9.91. The number of ether oxygens (including phenoxy) is 2. The summed E-state index contributed by atoms with van der Waals surface area (Å²) >= 11 is 6.38. The molecule has 0 radical (unpaired) electrons. The number of carbonyl (C=O) groups is 2. The van der Waals surface area contributed by atoms with Gasteiger partial charge in [0.1, 0.15) is 11.4 Å². The highest BCUT2D eigenvalue weighted by Gasteiger charge is 2.48. The van der Waals surface area contributed by atoms with Gasteiger partial charge in [-0.15, -0.1) is 0 Å². The van der Waals surface area contributed by atoms with Gasteiger partial charge in [0, 0.05) is 36.6 Å². The first kappa shape index (κ1) is 23.5. The van der Waals surface area contributed by atoms with Crippen LogP contribution in [0.5, 0.6) is 5.75 Å². The fourth-order valence-electron chi connectivity index (χ4n) is 4.06. The van der Waals surface area contributed by atoms with Crippen LogP contribution in [0.2, 0.25) is 5.02 Å². The highest BCUT2D eigenvalue weighted by Crippen LogP contribution is 2.42. The van der Waals surface area contributed by atoms with Gasteiger partial charge in [0.25, 0.3) is 0 Å². The van der Waals surface area contributed by atoms with Crippen molar-refractivity contribution in [3.63, 3.8) is 0 Å². The summed E-state index contributed by atoms with van der Waals surface area (Å²) in [6.45, 7) is 4.89. The van der Waals surface area contributed by atoms with Crippen LogP contribution in [0.15, 0.2) is 12.1 Å². The molecule has 0 N–H and O–H groups in total. The minimum atomic E-state index is -4.46. The van der Waals surface area contributed by atoms with Crippen LogP contribution in [0.1, 0.15) is 44.4 Å². The van der Waals surface area contributed by atoms with E-state index in [4.69, 9.17) is 21.1 Å². The zero-order chi connectivity index (χ0) is 23.1. The van der Waals surface area contributed by atoms with Crippen molar-refractivity contribution in [1.82, 2.24) is 9.80 Å². The van der Waals surface area contributed by atoms with Crippen LogP contribution in [0.3, 0.4) is 0 Å². The molecule has 1 fully saturated rings. The van der Waals surface area contributed by atoms with Crippen LogP contribution in [0.25, 0.3) is 0 Å². The number of carbonyl (C=O) groups excluding carboxylic acids is 2. The highest BCUT2D eigenvalue weighted by atomic mass is 35.5. The molecular formula is C21H26ClF3N2O4. The Balaban J connectivity index is 1.99. The van der Waals surface area contributed by atoms with E-state index in [2.05, 4.69) is 0 Å². The van der Waals surface area contributed by atoms with E-state index >= 15 is 0 Å². The van der Waals surface area contributed by atoms with Crippen molar-refractivity contribution in [3.8, 4) is 5.75 Å². The van der Waals surface area contributed by atoms with E-state index in [1.165, 1.54) is 12.0 Å². The molecule has 6 nitrogen and oxygen atoms in total. The number of hydrogen-bond donors (Lipinski definition) is 0. The summed E-state index contributed by atoms with van der Waals surface area (Å²) in [4.78, 5) is 27.9. The highest BCUT2D eigenvalue weighted by molar-refractivity contribution is 6.31. The average Bonchev–Trinajstić information content (AvgIpc) is 3.02. The second kappa shape index (κ2) is 8.41. The molecule has 1 aromatic rings. The van der Waals surface area contributed by atoms with Crippen molar-refractivity contribution in [1.29, 1.82) is 0 Å². The Kier molecular flexibility index (Phi) is 6.37. The number of nitrogens with zero attached hydrogens (tertiary/aromatic N) is 2. The quantitative estimate of drug-likeness (QED) is 0.659. The standard InChI is InChI=1S/C21H26ClF3N2O4/c1-20(2,3)31-19(29)27-8-7-13-14(22)5-6-16(30-4)18(13)15(27)11-26-10-12(9-17(26)28)21(23,24)25/h5-6,12,15H,7-11H2,1-4H3/t12?,15-/m1/s1. The zero-order valence-corrected chi connectivity index (χ0v) is 18.6. The maximum atomic E-state index is 13.2. The minimum Gasteiger partial charge on any atom is -0.496 e. The summed E-state index contributed by atoms with van der Waals surface area (Å²) in [6, 6.07) is 2.58. The van der Waals surface area contributed by atoms with Gasteiger partial charge in [0.2, 0.25) is 5.91 Å². The average molecular weight is 463 g/mol. The zero-order valence-electron chi connectivity index (χ0n) is 17.9. The van der Waals surface area contributed by atoms with Crippen LogP contribution < -0.4 is 4.74 Å². The number of hydrogen-bond acceptors (Lipinski definition) is 4. The van der Waals surface area contributed by atoms with E-state index in [1.54, 1.807) is 32.9 Å². The second-order valence-electron chi connectivity index (χ2n) is 8.82. The molecule has 2 amide bonds. The van der Waals surface area contributed by atoms with Crippen LogP contribution in [0, 0.1) is 5.92 Å². The summed E-state index contributed by atoms with van der Waals surface area (Å²) in [5.41, 5.74) is 0.589. The fraction of sp³-hybridized carbons (Fsp3) is 0.619. The van der Waals surface area contributed by atoms with Gasteiger partial charge in [0.15, 0.2) is 0 Å². The lowest BCUT2D eigenvalue weighted by Crippen LogP contribution is -2.47. The van der Waals surface area contributed by atoms with Crippen molar-refractivity contribution in [3.05, 3.63) is 28.3 Å². The normalized spacial score (nSPS) is 21.9. The van der Waals surface area contributed by atoms with Gasteiger partial charge in [-0.2, -0.15) is 13.2 Å². The maximum Gasteiger partial charge on any atom is 0.410 e. The van der Waals surface area contributed by atoms with Gasteiger partial charge in [-0.1, -0.05) is 11.6 Å². The second-order valence-corrected chi connectivity index (χ2v) is 9.23. The lowest BCUT2D eigenvalue weighted by molar-refractivity contribution is -0.171. The summed E-state index contributed by atoms with van der Waals surface area (Å²) < 4.78 is 50.6. The molecule has 3 rings (SSSR count). The molecule has 31 heavy (non-hydrogen) atoms. The molecule has 0 aliphatic carbocycles. The number of rotatable bonds is 3. The summed E-state index contributed by atoms with van der Waals surface area (Å²) in [5.74, 6) is -1.87. The largest absolute Gasteiger partial charge is 0.496 e. The Morgan fingerprint density at radius 1 is 1.26 bits per heavy atom. The third kappa shape index (κ3) is 5.02. The van der Waals surface area contributed by atoms with Crippen LogP contribution >= 0.6 is 11.6 Å². The third-order valence-corrected chi connectivity index (χ3v) is 5.84. The maximum absolute atomic E-state index is 13.2. The van der Waals surface area contributed by atoms with Crippen molar-refractivity contribution >= 4 is 23.6 Å². The molecule has 2 aliphatic rings. The van der Waals surface area contributed by atoms with Gasteiger partial charge in [-0.25, -0.2) is 4.79 Å². The first-order chi connectivity index (χ1) is 14.3. The van der Waals surface area contributed by atoms with E-state index < -0.39 is 48.7 Å². The smallest absolute Gasteiger partial charge is 0.410 e. The predicted molar refractivity (Wildman–Crippen MR) is 108 cm³/mol. The van der Waals surface area contributed by atoms with E-state index in [0.717, 1.165) is 10.5 Å². The number of alkyl halides is 3. The molecule has 1 saturated heterocycles. The summed E-state index contributed by atoms with van der Waals surface area (Å²) in [5, 5.41) is 0.477. The first-order valence-electron chi connectivity index (χ1n) is 10.0. The van der Waals surface area contributed by atoms with Crippen LogP contribution in [-0.4, -0.2) is 60.3 Å². The molecule has 10 heteroatoms. The van der Waals surface area contributed by atoms with Crippen molar-refractivity contribution in [2.45, 2.75) is 51.4 Å². The molecule has 2 heterocycles. The number of likely N-dealkylation sites (tertiary alicyclic amines) is 1. The Bertz CT molecular complexity index is 869. The predicted octanol–water partition coefficient (Wildman–Crippen LogP) is 4.59. The molecule has 2 atom stereocenters. The molecule has 0 aromatic heterocycles. The topological polar surface area (TPSA) is 59.1 Å². The SMILES string of the molecule is COc1ccc(Cl)c2c1[C@@H](CN1CC(C(F)(F)F)CC1=O)N(C(=O)OC(C)(C)C)CC2. The Morgan fingerprint density at radius 2 is 1.94 bits per heavy atom. The minimum absolute atomic E-state index is 0.103. The van der Waals surface area contributed by atoms with Crippen LogP contribution in [-0.2, 0) is 16.0 Å². The van der Waals surface area contributed by atoms with Gasteiger partial charge in [0.05, 0.1) is 19.1 Å². The van der Waals surface area contributed by atoms with E-state index in [0.29, 0.717) is 22.8 Å². The Hall–Kier alpha value is -2.16. The van der Waals surface area contributed by atoms with Gasteiger partial charge >= 0.3 is 12.3 Å². The lowest BCUT2D eigenvalue weighted by Gasteiger charge is -2.40. The van der Waals surface area contributed by atoms with Crippen molar-refractivity contribution in [2.75, 3.05) is 26.7 Å². The number of benzene rings is 1. The summed E-state index contributed by atoms with van der Waals surface area (Å²) in [6.07, 6.45) is -5.23. The van der Waals surface area contributed by atoms with Crippen molar-refractivity contribution < 1.29 is 32.2 Å². The molecule has 0 bridgehead atoms. The molecule has 0 saturated carbocycles. The molecule has 172 valence electrons. The molecular weight excluding hydrogens is 437 g/mol. The van der Waals surface area contributed by atoms with Gasteiger partial charge in [-0.05, 0) is 44.9 Å². The number of methoxy groups -OCH3 is 1. The van der Waals surface area contributed by atoms with E-state index in [1.807, 2.05) is 0 Å².